The normalized spacial score (nSPS) is 15.9. The van der Waals surface area contributed by atoms with Gasteiger partial charge in [0, 0.05) is 60.6 Å². The second kappa shape index (κ2) is 17.8. The van der Waals surface area contributed by atoms with Gasteiger partial charge in [0.25, 0.3) is 0 Å². The van der Waals surface area contributed by atoms with Gasteiger partial charge in [-0.05, 0) is 0 Å². The molecule has 0 amide bonds. The summed E-state index contributed by atoms with van der Waals surface area (Å²) in [6.07, 6.45) is 0. The standard InChI is InChI=1S/C32H18N8.C32H16N8.Co.Cu/c2*1-2-10-18-17(9-1)25-33-26(18)38-28-21-13-5-6-14-22(21)30(35-28)40-32-24-16-8-7-15-23(24)31(36-32)39-29-20-12-4-3-11-19(20)27(34-29)37-25;;/h1-16H,(H2,33,34,35,36,37,38,39,40);1-16H;;/q;-2;;+2. The maximum absolute atomic E-state index is 5.20. The summed E-state index contributed by atoms with van der Waals surface area (Å²) in [5.74, 6) is 6.43. The number of nitrogens with one attached hydrogen (secondary N) is 2. The van der Waals surface area contributed by atoms with Crippen LogP contribution >= 0.6 is 0 Å². The number of aromatic amines is 2. The molecule has 14 bridgehead atoms. The van der Waals surface area contributed by atoms with Crippen LogP contribution in [0.15, 0.2) is 224 Å². The van der Waals surface area contributed by atoms with Crippen molar-refractivity contribution in [2.75, 3.05) is 0 Å². The van der Waals surface area contributed by atoms with Crippen LogP contribution in [0, 0.1) is 0 Å². The van der Waals surface area contributed by atoms with Gasteiger partial charge in [0.15, 0.2) is 23.3 Å². The van der Waals surface area contributed by atoms with E-state index in [0.717, 1.165) is 110 Å². The number of hydrogen-bond donors (Lipinski definition) is 2. The molecule has 0 unspecified atom stereocenters. The van der Waals surface area contributed by atoms with Crippen molar-refractivity contribution in [2.45, 2.75) is 0 Å². The predicted octanol–water partition coefficient (Wildman–Crippen LogP) is 11.7. The van der Waals surface area contributed by atoms with Crippen LogP contribution < -0.4 is 11.0 Å². The van der Waals surface area contributed by atoms with Crippen molar-refractivity contribution in [3.8, 4) is 45.6 Å². The van der Waals surface area contributed by atoms with Crippen LogP contribution in [0.3, 0.4) is 0 Å². The molecule has 16 nitrogen and oxygen atoms in total. The molecule has 18 heteroatoms. The molecule has 11 heterocycles. The van der Waals surface area contributed by atoms with Crippen LogP contribution in [0.4, 0.5) is 11.6 Å². The SMILES string of the molecule is [Co].c1ccc2c(c1)-c1nc-2nc2[nH]c(nc3nc(nc4[nH]c(n1)c1ccccc41)-c1ccccc1-3)c1ccccc21.c1ccc2c(c1)C1=NC/2=N\c2c3ccccc3c3[n]2[Cu][n]2/c(c4ccccc4/c2=N/C2=N\C(=N/3)c3ccccc32)=N\1. The molecule has 5 aromatic heterocycles. The van der Waals surface area contributed by atoms with Crippen LogP contribution in [0.2, 0.25) is 0 Å². The van der Waals surface area contributed by atoms with E-state index in [9.17, 15) is 0 Å². The first kappa shape index (κ1) is 46.4. The van der Waals surface area contributed by atoms with E-state index < -0.39 is 0 Å². The Balaban J connectivity index is 0.000000129. The molecule has 1 radical (unpaired) electrons. The van der Waals surface area contributed by atoms with Crippen LogP contribution in [-0.2, 0) is 32.2 Å². The summed E-state index contributed by atoms with van der Waals surface area (Å²) >= 11 is 1.62. The van der Waals surface area contributed by atoms with Crippen molar-refractivity contribution in [3.05, 3.63) is 227 Å². The Kier molecular flexibility index (Phi) is 10.1. The molecule has 390 valence electrons. The van der Waals surface area contributed by atoms with Crippen molar-refractivity contribution < 1.29 is 32.2 Å². The molecule has 19 rings (SSSR count). The van der Waals surface area contributed by atoms with Gasteiger partial charge in [-0.2, -0.15) is 0 Å². The van der Waals surface area contributed by atoms with Gasteiger partial charge >= 0.3 is 239 Å². The molecule has 0 atom stereocenters. The van der Waals surface area contributed by atoms with E-state index in [1.807, 2.05) is 146 Å². The summed E-state index contributed by atoms with van der Waals surface area (Å²) in [5, 5.41) is 7.74. The third-order valence-electron chi connectivity index (χ3n) is 15.2. The zero-order valence-corrected chi connectivity index (χ0v) is 44.4. The molecule has 6 aliphatic heterocycles. The zero-order chi connectivity index (χ0) is 52.9. The van der Waals surface area contributed by atoms with Gasteiger partial charge in [0.1, 0.15) is 22.6 Å². The van der Waals surface area contributed by atoms with Crippen molar-refractivity contribution >= 4 is 101 Å². The topological polar surface area (TPSA) is 193 Å². The van der Waals surface area contributed by atoms with Crippen LogP contribution in [0.5, 0.6) is 0 Å². The Bertz CT molecular complexity index is 5000. The van der Waals surface area contributed by atoms with Gasteiger partial charge in [-0.3, -0.25) is 0 Å². The second-order valence-corrected chi connectivity index (χ2v) is 20.8. The molecule has 13 aromatic rings. The Morgan fingerprint density at radius 3 is 0.854 bits per heavy atom. The molecule has 0 fully saturated rings. The number of fused-ring (bicyclic) bond motifs is 34. The van der Waals surface area contributed by atoms with E-state index in [1.165, 1.54) is 0 Å². The first-order valence-electron chi connectivity index (χ1n) is 26.1. The molecule has 0 aliphatic carbocycles. The predicted molar refractivity (Wildman–Crippen MR) is 311 cm³/mol. The molecule has 0 saturated carbocycles. The number of H-pyrrole nitrogens is 2. The molecule has 2 N–H and O–H groups in total. The van der Waals surface area contributed by atoms with E-state index in [0.29, 0.717) is 69.2 Å². The second-order valence-electron chi connectivity index (χ2n) is 19.8. The van der Waals surface area contributed by atoms with Crippen molar-refractivity contribution in [1.29, 1.82) is 0 Å². The summed E-state index contributed by atoms with van der Waals surface area (Å²) in [7, 11) is 0. The van der Waals surface area contributed by atoms with Gasteiger partial charge < -0.3 is 9.97 Å². The number of aromatic nitrogens is 10. The van der Waals surface area contributed by atoms with Gasteiger partial charge in [0.2, 0.25) is 0 Å². The molecule has 6 aliphatic rings. The minimum atomic E-state index is 0. The number of rotatable bonds is 0. The third-order valence-corrected chi connectivity index (χ3v) is 16.3. The molecular weight excluding hydrogens is 1120 g/mol. The van der Waals surface area contributed by atoms with Gasteiger partial charge in [-0.15, -0.1) is 0 Å². The molecule has 82 heavy (non-hydrogen) atoms. The summed E-state index contributed by atoms with van der Waals surface area (Å²) < 4.78 is 4.13. The summed E-state index contributed by atoms with van der Waals surface area (Å²) in [6.45, 7) is 0. The van der Waals surface area contributed by atoms with E-state index in [2.05, 4.69) is 65.7 Å². The van der Waals surface area contributed by atoms with E-state index in [1.54, 1.807) is 15.4 Å². The zero-order valence-electron chi connectivity index (χ0n) is 42.4. The fraction of sp³-hybridized carbons (Fsp3) is 0. The fourth-order valence-corrected chi connectivity index (χ4v) is 12.6. The van der Waals surface area contributed by atoms with E-state index in [4.69, 9.17) is 59.9 Å². The first-order chi connectivity index (χ1) is 40.1. The molecule has 0 saturated heterocycles. The monoisotopic (exact) mass is 1150 g/mol. The van der Waals surface area contributed by atoms with Crippen LogP contribution in [0.1, 0.15) is 22.3 Å². The Morgan fingerprint density at radius 1 is 0.256 bits per heavy atom. The average Bonchev–Trinajstić information content (AvgIpc) is 4.53. The molecule has 8 aromatic carbocycles. The Hall–Kier alpha value is -10.5. The number of aliphatic imine (C=N–C) groups is 4. The summed E-state index contributed by atoms with van der Waals surface area (Å²) in [6, 6.07) is 65.0. The Labute approximate surface area is 479 Å². The average molecular weight is 1150 g/mol. The van der Waals surface area contributed by atoms with E-state index in [-0.39, 0.29) is 16.8 Å². The fourth-order valence-electron chi connectivity index (χ4n) is 11.4. The maximum atomic E-state index is 5.20. The van der Waals surface area contributed by atoms with Crippen LogP contribution in [0.25, 0.3) is 111 Å². The van der Waals surface area contributed by atoms with E-state index >= 15 is 0 Å². The van der Waals surface area contributed by atoms with Crippen molar-refractivity contribution in [1.82, 2.24) is 47.0 Å². The summed E-state index contributed by atoms with van der Waals surface area (Å²) in [4.78, 5) is 67.5. The first-order valence-corrected chi connectivity index (χ1v) is 27.0. The third kappa shape index (κ3) is 6.90. The summed E-state index contributed by atoms with van der Waals surface area (Å²) in [5.41, 5.74) is 11.8. The van der Waals surface area contributed by atoms with Gasteiger partial charge in [-0.25, -0.2) is 29.9 Å². The van der Waals surface area contributed by atoms with Crippen LogP contribution in [-0.4, -0.2) is 70.4 Å². The molecular formula is C64H34CoCuN16. The molecule has 0 spiro atoms. The number of hydrogen-bond acceptors (Lipinski definition) is 12. The van der Waals surface area contributed by atoms with Crippen molar-refractivity contribution in [3.63, 3.8) is 0 Å². The number of nitrogens with zero attached hydrogens (tertiary/aromatic N) is 14. The van der Waals surface area contributed by atoms with Gasteiger partial charge in [-0.1, -0.05) is 97.1 Å². The Morgan fingerprint density at radius 2 is 0.524 bits per heavy atom. The van der Waals surface area contributed by atoms with Gasteiger partial charge in [0.05, 0.1) is 0 Å². The minimum absolute atomic E-state index is 0. The quantitative estimate of drug-likeness (QED) is 0.142. The number of benzene rings is 8. The number of amidine groups is 4. The van der Waals surface area contributed by atoms with Crippen molar-refractivity contribution in [2.24, 2.45) is 30.0 Å².